The van der Waals surface area contributed by atoms with Crippen LogP contribution in [-0.2, 0) is 11.2 Å². The van der Waals surface area contributed by atoms with Crippen LogP contribution in [-0.4, -0.2) is 38.0 Å². The molecular formula is C14H23N3O. The molecule has 0 bridgehead atoms. The summed E-state index contributed by atoms with van der Waals surface area (Å²) < 4.78 is 0. The molecule has 0 atom stereocenters. The van der Waals surface area contributed by atoms with Crippen LogP contribution in [0.25, 0.3) is 0 Å². The average Bonchev–Trinajstić information content (AvgIpc) is 2.73. The SMILES string of the molecule is CC.CN(C)CC(=O)N1CCc2cc(N)ccc21. The predicted octanol–water partition coefficient (Wildman–Crippen LogP) is 1.75. The van der Waals surface area contributed by atoms with Gasteiger partial charge in [0, 0.05) is 17.9 Å². The molecule has 1 amide bonds. The molecule has 0 aliphatic carbocycles. The topological polar surface area (TPSA) is 49.6 Å². The molecule has 1 heterocycles. The van der Waals surface area contributed by atoms with Crippen molar-refractivity contribution in [3.63, 3.8) is 0 Å². The van der Waals surface area contributed by atoms with Gasteiger partial charge in [0.05, 0.1) is 6.54 Å². The van der Waals surface area contributed by atoms with Gasteiger partial charge in [-0.2, -0.15) is 0 Å². The number of likely N-dealkylation sites (N-methyl/N-ethyl adjacent to an activating group) is 1. The molecule has 2 N–H and O–H groups in total. The molecule has 1 aromatic rings. The number of rotatable bonds is 2. The van der Waals surface area contributed by atoms with Crippen molar-refractivity contribution in [2.75, 3.05) is 37.8 Å². The van der Waals surface area contributed by atoms with Gasteiger partial charge >= 0.3 is 0 Å². The fourth-order valence-electron chi connectivity index (χ4n) is 2.04. The first kappa shape index (κ1) is 14.5. The molecule has 0 saturated carbocycles. The smallest absolute Gasteiger partial charge is 0.241 e. The van der Waals surface area contributed by atoms with Gasteiger partial charge in [-0.1, -0.05) is 13.8 Å². The normalized spacial score (nSPS) is 13.1. The van der Waals surface area contributed by atoms with Gasteiger partial charge in [0.25, 0.3) is 0 Å². The van der Waals surface area contributed by atoms with Crippen LogP contribution in [0.3, 0.4) is 0 Å². The van der Waals surface area contributed by atoms with Crippen LogP contribution < -0.4 is 10.6 Å². The van der Waals surface area contributed by atoms with Crippen LogP contribution >= 0.6 is 0 Å². The van der Waals surface area contributed by atoms with Crippen LogP contribution in [0.1, 0.15) is 19.4 Å². The molecule has 0 unspecified atom stereocenters. The van der Waals surface area contributed by atoms with E-state index < -0.39 is 0 Å². The molecule has 4 heteroatoms. The van der Waals surface area contributed by atoms with Gasteiger partial charge in [-0.3, -0.25) is 4.79 Å². The number of nitrogens with two attached hydrogens (primary N) is 1. The molecule has 18 heavy (non-hydrogen) atoms. The Hall–Kier alpha value is -1.55. The zero-order valence-electron chi connectivity index (χ0n) is 11.7. The third-order valence-electron chi connectivity index (χ3n) is 2.75. The van der Waals surface area contributed by atoms with Crippen molar-refractivity contribution in [3.05, 3.63) is 23.8 Å². The summed E-state index contributed by atoms with van der Waals surface area (Å²) in [5.41, 5.74) is 8.67. The molecule has 0 saturated heterocycles. The van der Waals surface area contributed by atoms with Gasteiger partial charge < -0.3 is 15.5 Å². The largest absolute Gasteiger partial charge is 0.399 e. The molecule has 1 aromatic carbocycles. The zero-order valence-corrected chi connectivity index (χ0v) is 11.7. The first-order valence-electron chi connectivity index (χ1n) is 6.41. The van der Waals surface area contributed by atoms with E-state index in [1.165, 1.54) is 5.56 Å². The van der Waals surface area contributed by atoms with Crippen molar-refractivity contribution in [1.82, 2.24) is 4.90 Å². The first-order chi connectivity index (χ1) is 8.58. The summed E-state index contributed by atoms with van der Waals surface area (Å²) in [4.78, 5) is 15.7. The Morgan fingerprint density at radius 2 is 2.06 bits per heavy atom. The summed E-state index contributed by atoms with van der Waals surface area (Å²) in [6.45, 7) is 5.22. The van der Waals surface area contributed by atoms with Crippen LogP contribution in [0.4, 0.5) is 11.4 Å². The average molecular weight is 249 g/mol. The Bertz CT molecular complexity index is 416. The fraction of sp³-hybridized carbons (Fsp3) is 0.500. The maximum Gasteiger partial charge on any atom is 0.241 e. The Kier molecular flexibility index (Phi) is 5.16. The molecule has 4 nitrogen and oxygen atoms in total. The van der Waals surface area contributed by atoms with Crippen molar-refractivity contribution in [1.29, 1.82) is 0 Å². The van der Waals surface area contributed by atoms with E-state index in [4.69, 9.17) is 5.73 Å². The van der Waals surface area contributed by atoms with E-state index in [-0.39, 0.29) is 5.91 Å². The van der Waals surface area contributed by atoms with Crippen molar-refractivity contribution >= 4 is 17.3 Å². The number of hydrogen-bond donors (Lipinski definition) is 1. The van der Waals surface area contributed by atoms with Crippen molar-refractivity contribution in [2.45, 2.75) is 20.3 Å². The second-order valence-electron chi connectivity index (χ2n) is 4.42. The second-order valence-corrected chi connectivity index (χ2v) is 4.42. The van der Waals surface area contributed by atoms with Crippen molar-refractivity contribution < 1.29 is 4.79 Å². The first-order valence-corrected chi connectivity index (χ1v) is 6.41. The number of amides is 1. The minimum absolute atomic E-state index is 0.147. The number of nitrogens with zero attached hydrogens (tertiary/aromatic N) is 2. The number of fused-ring (bicyclic) bond motifs is 1. The molecule has 100 valence electrons. The summed E-state index contributed by atoms with van der Waals surface area (Å²) in [6, 6.07) is 5.74. The molecule has 0 spiro atoms. The molecule has 0 radical (unpaired) electrons. The summed E-state index contributed by atoms with van der Waals surface area (Å²) in [7, 11) is 3.80. The Labute approximate surface area is 109 Å². The van der Waals surface area contributed by atoms with Gasteiger partial charge in [0.15, 0.2) is 0 Å². The fourth-order valence-corrected chi connectivity index (χ4v) is 2.04. The Balaban J connectivity index is 0.000000771. The standard InChI is InChI=1S/C12H17N3O.C2H6/c1-14(2)8-12(16)15-6-5-9-7-10(13)3-4-11(9)15;1-2/h3-4,7H,5-6,8,13H2,1-2H3;1-2H3. The lowest BCUT2D eigenvalue weighted by Crippen LogP contribution is -2.36. The van der Waals surface area contributed by atoms with Crippen LogP contribution in [0.5, 0.6) is 0 Å². The third-order valence-corrected chi connectivity index (χ3v) is 2.75. The summed E-state index contributed by atoms with van der Waals surface area (Å²) in [5.74, 6) is 0.147. The van der Waals surface area contributed by atoms with E-state index in [1.807, 2.05) is 55.9 Å². The number of anilines is 2. The van der Waals surface area contributed by atoms with Crippen LogP contribution in [0.2, 0.25) is 0 Å². The zero-order chi connectivity index (χ0) is 13.7. The minimum Gasteiger partial charge on any atom is -0.399 e. The number of hydrogen-bond acceptors (Lipinski definition) is 3. The maximum absolute atomic E-state index is 12.0. The van der Waals surface area contributed by atoms with Crippen molar-refractivity contribution in [2.24, 2.45) is 0 Å². The number of nitrogen functional groups attached to an aromatic ring is 1. The Morgan fingerprint density at radius 1 is 1.39 bits per heavy atom. The summed E-state index contributed by atoms with van der Waals surface area (Å²) >= 11 is 0. The second kappa shape index (κ2) is 6.40. The predicted molar refractivity (Wildman–Crippen MR) is 76.8 cm³/mol. The number of carbonyl (C=O) groups is 1. The molecule has 1 aliphatic rings. The minimum atomic E-state index is 0.147. The quantitative estimate of drug-likeness (QED) is 0.812. The summed E-state index contributed by atoms with van der Waals surface area (Å²) in [6.07, 6.45) is 0.902. The number of benzene rings is 1. The maximum atomic E-state index is 12.0. The highest BCUT2D eigenvalue weighted by molar-refractivity contribution is 5.97. The molecule has 1 aliphatic heterocycles. The van der Waals surface area contributed by atoms with Gasteiger partial charge in [-0.15, -0.1) is 0 Å². The Morgan fingerprint density at radius 3 is 2.67 bits per heavy atom. The molecular weight excluding hydrogens is 226 g/mol. The lowest BCUT2D eigenvalue weighted by Gasteiger charge is -2.19. The summed E-state index contributed by atoms with van der Waals surface area (Å²) in [5, 5.41) is 0. The number of carbonyl (C=O) groups excluding carboxylic acids is 1. The van der Waals surface area contributed by atoms with Gasteiger partial charge in [0.1, 0.15) is 0 Å². The highest BCUT2D eigenvalue weighted by Crippen LogP contribution is 2.29. The molecule has 0 aromatic heterocycles. The highest BCUT2D eigenvalue weighted by Gasteiger charge is 2.24. The highest BCUT2D eigenvalue weighted by atomic mass is 16.2. The third kappa shape index (κ3) is 3.23. The molecule has 0 fully saturated rings. The van der Waals surface area contributed by atoms with E-state index in [0.717, 1.165) is 24.3 Å². The van der Waals surface area contributed by atoms with Crippen LogP contribution in [0, 0.1) is 0 Å². The van der Waals surface area contributed by atoms with Gasteiger partial charge in [-0.25, -0.2) is 0 Å². The lowest BCUT2D eigenvalue weighted by atomic mass is 10.1. The monoisotopic (exact) mass is 249 g/mol. The van der Waals surface area contributed by atoms with E-state index in [9.17, 15) is 4.79 Å². The molecule has 2 rings (SSSR count). The van der Waals surface area contributed by atoms with E-state index in [0.29, 0.717) is 6.54 Å². The van der Waals surface area contributed by atoms with Crippen LogP contribution in [0.15, 0.2) is 18.2 Å². The van der Waals surface area contributed by atoms with Gasteiger partial charge in [-0.05, 0) is 44.3 Å². The van der Waals surface area contributed by atoms with E-state index in [1.54, 1.807) is 0 Å². The van der Waals surface area contributed by atoms with Gasteiger partial charge in [0.2, 0.25) is 5.91 Å². The van der Waals surface area contributed by atoms with E-state index >= 15 is 0 Å². The van der Waals surface area contributed by atoms with Crippen molar-refractivity contribution in [3.8, 4) is 0 Å². The lowest BCUT2D eigenvalue weighted by molar-refractivity contribution is -0.119. The van der Waals surface area contributed by atoms with E-state index in [2.05, 4.69) is 0 Å².